The summed E-state index contributed by atoms with van der Waals surface area (Å²) in [5.74, 6) is -0.0552. The molecule has 1 aromatic rings. The fourth-order valence-corrected chi connectivity index (χ4v) is 4.46. The molecule has 2 unspecified atom stereocenters. The van der Waals surface area contributed by atoms with Gasteiger partial charge in [-0.25, -0.2) is 8.42 Å². The molecular weight excluding hydrogens is 390 g/mol. The van der Waals surface area contributed by atoms with E-state index in [2.05, 4.69) is 10.6 Å². The van der Waals surface area contributed by atoms with Crippen molar-refractivity contribution in [2.75, 3.05) is 32.8 Å². The molecule has 2 rings (SSSR count). The minimum Gasteiger partial charge on any atom is -0.378 e. The van der Waals surface area contributed by atoms with Gasteiger partial charge >= 0.3 is 0 Å². The van der Waals surface area contributed by atoms with Crippen molar-refractivity contribution in [3.8, 4) is 0 Å². The van der Waals surface area contributed by atoms with E-state index in [0.29, 0.717) is 32.7 Å². The number of ether oxygens (including phenoxy) is 1. The number of nitrogens with zero attached hydrogens (tertiary/aromatic N) is 1. The molecule has 1 amide bonds. The van der Waals surface area contributed by atoms with Crippen molar-refractivity contribution in [1.82, 2.24) is 14.9 Å². The summed E-state index contributed by atoms with van der Waals surface area (Å²) in [6.45, 7) is 8.37. The number of amides is 1. The minimum absolute atomic E-state index is 0. The maximum absolute atomic E-state index is 12.5. The molecule has 9 heteroatoms. The van der Waals surface area contributed by atoms with E-state index in [1.54, 1.807) is 24.3 Å². The van der Waals surface area contributed by atoms with Gasteiger partial charge in [-0.1, -0.05) is 26.0 Å². The van der Waals surface area contributed by atoms with Crippen LogP contribution in [0.3, 0.4) is 0 Å². The Bertz CT molecular complexity index is 687. The highest BCUT2D eigenvalue weighted by Crippen LogP contribution is 2.19. The third-order valence-corrected chi connectivity index (χ3v) is 6.60. The van der Waals surface area contributed by atoms with Gasteiger partial charge in [-0.2, -0.15) is 4.31 Å². The highest BCUT2D eigenvalue weighted by Gasteiger charge is 2.22. The number of rotatable bonds is 8. The van der Waals surface area contributed by atoms with Crippen molar-refractivity contribution >= 4 is 28.3 Å². The lowest BCUT2D eigenvalue weighted by atomic mass is 10.1. The molecule has 1 heterocycles. The van der Waals surface area contributed by atoms with Crippen LogP contribution in [-0.4, -0.2) is 57.5 Å². The largest absolute Gasteiger partial charge is 0.378 e. The first kappa shape index (κ1) is 23.8. The predicted octanol–water partition coefficient (Wildman–Crippen LogP) is 1.69. The molecule has 0 spiro atoms. The van der Waals surface area contributed by atoms with Crippen molar-refractivity contribution in [1.29, 1.82) is 0 Å². The molecule has 7 nitrogen and oxygen atoms in total. The number of morpholine rings is 1. The molecule has 0 aliphatic carbocycles. The summed E-state index contributed by atoms with van der Waals surface area (Å²) in [5, 5.41) is 6.20. The number of carbonyl (C=O) groups excluding carboxylic acids is 1. The number of hydrogen-bond acceptors (Lipinski definition) is 5. The lowest BCUT2D eigenvalue weighted by Gasteiger charge is -2.24. The third kappa shape index (κ3) is 6.43. The molecule has 27 heavy (non-hydrogen) atoms. The first-order valence-corrected chi connectivity index (χ1v) is 10.5. The van der Waals surface area contributed by atoms with Gasteiger partial charge in [0.05, 0.1) is 24.2 Å². The first-order valence-electron chi connectivity index (χ1n) is 9.09. The van der Waals surface area contributed by atoms with E-state index in [9.17, 15) is 13.2 Å². The summed E-state index contributed by atoms with van der Waals surface area (Å²) >= 11 is 0. The number of halogens is 1. The number of sulfonamides is 1. The summed E-state index contributed by atoms with van der Waals surface area (Å²) in [6.07, 6.45) is 0.360. The Labute approximate surface area is 168 Å². The molecule has 0 aromatic heterocycles. The standard InChI is InChI=1S/C18H29N3O4S.ClH/c1-4-21(5-2)26(23,24)17-8-6-15(7-9-17)14(3)20-18(22)12-16-13-25-11-10-19-16;/h6-9,14,16,19H,4-5,10-13H2,1-3H3,(H,20,22);1H. The van der Waals surface area contributed by atoms with Gasteiger partial charge in [0.25, 0.3) is 0 Å². The van der Waals surface area contributed by atoms with E-state index in [1.807, 2.05) is 20.8 Å². The van der Waals surface area contributed by atoms with Crippen LogP contribution in [0, 0.1) is 0 Å². The second-order valence-electron chi connectivity index (χ2n) is 6.38. The Hall–Kier alpha value is -1.19. The quantitative estimate of drug-likeness (QED) is 0.669. The third-order valence-electron chi connectivity index (χ3n) is 4.53. The molecule has 1 saturated heterocycles. The average molecular weight is 420 g/mol. The summed E-state index contributed by atoms with van der Waals surface area (Å²) in [7, 11) is -3.46. The summed E-state index contributed by atoms with van der Waals surface area (Å²) in [6, 6.07) is 6.55. The van der Waals surface area contributed by atoms with Crippen molar-refractivity contribution in [2.24, 2.45) is 0 Å². The molecule has 0 bridgehead atoms. The topological polar surface area (TPSA) is 87.7 Å². The fraction of sp³-hybridized carbons (Fsp3) is 0.611. The molecule has 1 fully saturated rings. The number of hydrogen-bond donors (Lipinski definition) is 2. The Morgan fingerprint density at radius 3 is 2.44 bits per heavy atom. The molecule has 1 aliphatic heterocycles. The zero-order chi connectivity index (χ0) is 19.2. The van der Waals surface area contributed by atoms with Crippen molar-refractivity contribution < 1.29 is 17.9 Å². The monoisotopic (exact) mass is 419 g/mol. The van der Waals surface area contributed by atoms with Gasteiger partial charge in [-0.15, -0.1) is 12.4 Å². The summed E-state index contributed by atoms with van der Waals surface area (Å²) in [4.78, 5) is 12.4. The highest BCUT2D eigenvalue weighted by atomic mass is 35.5. The van der Waals surface area contributed by atoms with Crippen LogP contribution in [0.25, 0.3) is 0 Å². The van der Waals surface area contributed by atoms with E-state index in [4.69, 9.17) is 4.74 Å². The first-order chi connectivity index (χ1) is 12.4. The molecule has 0 radical (unpaired) electrons. The smallest absolute Gasteiger partial charge is 0.243 e. The van der Waals surface area contributed by atoms with Crippen LogP contribution in [0.1, 0.15) is 38.8 Å². The zero-order valence-corrected chi connectivity index (χ0v) is 17.7. The second kappa shape index (κ2) is 11.0. The van der Waals surface area contributed by atoms with Crippen LogP contribution in [0.5, 0.6) is 0 Å². The van der Waals surface area contributed by atoms with Gasteiger partial charge in [0.1, 0.15) is 0 Å². The maximum Gasteiger partial charge on any atom is 0.243 e. The van der Waals surface area contributed by atoms with E-state index in [0.717, 1.165) is 12.1 Å². The van der Waals surface area contributed by atoms with E-state index in [1.165, 1.54) is 4.31 Å². The molecule has 1 aromatic carbocycles. The lowest BCUT2D eigenvalue weighted by molar-refractivity contribution is -0.122. The minimum atomic E-state index is -3.46. The van der Waals surface area contributed by atoms with Gasteiger partial charge in [0.15, 0.2) is 0 Å². The van der Waals surface area contributed by atoms with Crippen molar-refractivity contribution in [3.63, 3.8) is 0 Å². The van der Waals surface area contributed by atoms with Crippen LogP contribution < -0.4 is 10.6 Å². The van der Waals surface area contributed by atoms with Gasteiger partial charge in [0, 0.05) is 32.1 Å². The van der Waals surface area contributed by atoms with Gasteiger partial charge in [0.2, 0.25) is 15.9 Å². The Balaban J connectivity index is 0.00000364. The molecule has 0 saturated carbocycles. The Morgan fingerprint density at radius 1 is 1.30 bits per heavy atom. The normalized spacial score (nSPS) is 18.6. The van der Waals surface area contributed by atoms with Crippen molar-refractivity contribution in [3.05, 3.63) is 29.8 Å². The van der Waals surface area contributed by atoms with Crippen molar-refractivity contribution in [2.45, 2.75) is 44.2 Å². The van der Waals surface area contributed by atoms with Crippen LogP contribution in [-0.2, 0) is 19.6 Å². The van der Waals surface area contributed by atoms with Crippen LogP contribution in [0.15, 0.2) is 29.2 Å². The lowest BCUT2D eigenvalue weighted by Crippen LogP contribution is -2.44. The SMILES string of the molecule is CCN(CC)S(=O)(=O)c1ccc(C(C)NC(=O)CC2COCCN2)cc1.Cl. The fourth-order valence-electron chi connectivity index (χ4n) is 3.00. The number of nitrogens with one attached hydrogen (secondary N) is 2. The Morgan fingerprint density at radius 2 is 1.93 bits per heavy atom. The predicted molar refractivity (Wildman–Crippen MR) is 108 cm³/mol. The average Bonchev–Trinajstić information content (AvgIpc) is 2.63. The van der Waals surface area contributed by atoms with E-state index in [-0.39, 0.29) is 35.3 Å². The maximum atomic E-state index is 12.5. The zero-order valence-electron chi connectivity index (χ0n) is 16.1. The molecule has 154 valence electrons. The van der Waals surface area contributed by atoms with E-state index < -0.39 is 10.0 Å². The van der Waals surface area contributed by atoms with E-state index >= 15 is 0 Å². The van der Waals surface area contributed by atoms with Gasteiger partial charge in [-0.05, 0) is 24.6 Å². The highest BCUT2D eigenvalue weighted by molar-refractivity contribution is 7.89. The number of carbonyl (C=O) groups is 1. The molecular formula is C18H30ClN3O4S. The Kier molecular flexibility index (Phi) is 9.69. The van der Waals surface area contributed by atoms with Gasteiger partial charge < -0.3 is 15.4 Å². The molecule has 2 N–H and O–H groups in total. The second-order valence-corrected chi connectivity index (χ2v) is 8.32. The molecule has 1 aliphatic rings. The summed E-state index contributed by atoms with van der Waals surface area (Å²) < 4.78 is 31.8. The summed E-state index contributed by atoms with van der Waals surface area (Å²) in [5.41, 5.74) is 0.865. The van der Waals surface area contributed by atoms with Gasteiger partial charge in [-0.3, -0.25) is 4.79 Å². The van der Waals surface area contributed by atoms with Crippen LogP contribution in [0.4, 0.5) is 0 Å². The van der Waals surface area contributed by atoms with Crippen LogP contribution >= 0.6 is 12.4 Å². The molecule has 2 atom stereocenters. The number of benzene rings is 1. The van der Waals surface area contributed by atoms with Crippen LogP contribution in [0.2, 0.25) is 0 Å².